The second-order valence-corrected chi connectivity index (χ2v) is 2.62. The second kappa shape index (κ2) is 7.21. The van der Waals surface area contributed by atoms with E-state index < -0.39 is 6.10 Å². The third kappa shape index (κ3) is 6.27. The van der Waals surface area contributed by atoms with Crippen molar-refractivity contribution in [3.63, 3.8) is 0 Å². The third-order valence-corrected chi connectivity index (χ3v) is 1.42. The molecule has 0 saturated carbocycles. The Bertz CT molecular complexity index is 124. The topological polar surface area (TPSA) is 55.8 Å². The minimum Gasteiger partial charge on any atom is -0.391 e. The third-order valence-electron chi connectivity index (χ3n) is 1.42. The monoisotopic (exact) mass is 176 g/mol. The zero-order chi connectivity index (χ0) is 9.40. The largest absolute Gasteiger partial charge is 0.391 e. The predicted molar refractivity (Wildman–Crippen MR) is 44.0 cm³/mol. The molecule has 0 heterocycles. The first-order valence-electron chi connectivity index (χ1n) is 3.88. The fourth-order valence-electron chi connectivity index (χ4n) is 0.836. The molecule has 4 heteroatoms. The number of hydrogen-bond donors (Lipinski definition) is 1. The Morgan fingerprint density at radius 2 is 2.08 bits per heavy atom. The summed E-state index contributed by atoms with van der Waals surface area (Å²) in [4.78, 5) is 10.9. The van der Waals surface area contributed by atoms with Crippen LogP contribution in [0.2, 0.25) is 0 Å². The normalized spacial score (nSPS) is 12.9. The lowest BCUT2D eigenvalue weighted by Gasteiger charge is -2.07. The molecule has 0 aliphatic carbocycles. The number of methoxy groups -OCH3 is 2. The molecule has 1 atom stereocenters. The van der Waals surface area contributed by atoms with Crippen molar-refractivity contribution in [1.82, 2.24) is 0 Å². The lowest BCUT2D eigenvalue weighted by atomic mass is 10.1. The molecule has 0 rings (SSSR count). The smallest absolute Gasteiger partial charge is 0.158 e. The van der Waals surface area contributed by atoms with E-state index in [0.717, 1.165) is 0 Å². The van der Waals surface area contributed by atoms with Gasteiger partial charge in [-0.1, -0.05) is 0 Å². The quantitative estimate of drug-likeness (QED) is 0.592. The summed E-state index contributed by atoms with van der Waals surface area (Å²) in [5.41, 5.74) is 0. The van der Waals surface area contributed by atoms with Crippen LogP contribution < -0.4 is 0 Å². The van der Waals surface area contributed by atoms with E-state index in [1.165, 1.54) is 14.2 Å². The van der Waals surface area contributed by atoms with E-state index in [-0.39, 0.29) is 19.0 Å². The highest BCUT2D eigenvalue weighted by Gasteiger charge is 2.07. The Morgan fingerprint density at radius 1 is 1.42 bits per heavy atom. The van der Waals surface area contributed by atoms with Gasteiger partial charge in [-0.2, -0.15) is 0 Å². The fourth-order valence-corrected chi connectivity index (χ4v) is 0.836. The molecule has 0 bridgehead atoms. The van der Waals surface area contributed by atoms with Crippen molar-refractivity contribution in [2.45, 2.75) is 18.9 Å². The van der Waals surface area contributed by atoms with E-state index in [0.29, 0.717) is 12.8 Å². The number of hydrogen-bond acceptors (Lipinski definition) is 4. The number of ether oxygens (including phenoxy) is 2. The Morgan fingerprint density at radius 3 is 2.58 bits per heavy atom. The molecule has 0 aromatic rings. The van der Waals surface area contributed by atoms with Gasteiger partial charge in [0.2, 0.25) is 0 Å². The van der Waals surface area contributed by atoms with Gasteiger partial charge < -0.3 is 14.6 Å². The summed E-state index contributed by atoms with van der Waals surface area (Å²) in [7, 11) is 2.99. The van der Waals surface area contributed by atoms with Crippen molar-refractivity contribution < 1.29 is 19.4 Å². The zero-order valence-corrected chi connectivity index (χ0v) is 7.58. The van der Waals surface area contributed by atoms with Gasteiger partial charge in [-0.3, -0.25) is 4.79 Å². The van der Waals surface area contributed by atoms with Crippen LogP contribution in [0, 0.1) is 0 Å². The first-order chi connectivity index (χ1) is 5.70. The molecular formula is C8H16O4. The van der Waals surface area contributed by atoms with Crippen LogP contribution in [-0.4, -0.2) is 44.4 Å². The number of aliphatic hydroxyl groups excluding tert-OH is 1. The van der Waals surface area contributed by atoms with Crippen LogP contribution in [0.3, 0.4) is 0 Å². The van der Waals surface area contributed by atoms with Crippen molar-refractivity contribution in [3.05, 3.63) is 0 Å². The van der Waals surface area contributed by atoms with Crippen LogP contribution in [0.25, 0.3) is 0 Å². The summed E-state index contributed by atoms with van der Waals surface area (Å²) in [6.45, 7) is 0.403. The second-order valence-electron chi connectivity index (χ2n) is 2.62. The number of Topliss-reactive ketones (excluding diaryl/α,β-unsaturated/α-hetero) is 1. The molecule has 0 aliphatic heterocycles. The molecule has 12 heavy (non-hydrogen) atoms. The first-order valence-corrected chi connectivity index (χ1v) is 3.88. The zero-order valence-electron chi connectivity index (χ0n) is 7.58. The summed E-state index contributed by atoms with van der Waals surface area (Å²) in [5.74, 6) is 0.00709. The average molecular weight is 176 g/mol. The molecule has 0 fully saturated rings. The van der Waals surface area contributed by atoms with Crippen molar-refractivity contribution in [2.24, 2.45) is 0 Å². The summed E-state index contributed by atoms with van der Waals surface area (Å²) in [6.07, 6.45) is 0.241. The molecule has 0 aromatic carbocycles. The minimum absolute atomic E-state index is 0.00709. The maximum Gasteiger partial charge on any atom is 0.158 e. The molecule has 1 unspecified atom stereocenters. The van der Waals surface area contributed by atoms with E-state index in [1.807, 2.05) is 0 Å². The minimum atomic E-state index is -0.546. The molecule has 0 amide bonds. The van der Waals surface area contributed by atoms with E-state index in [9.17, 15) is 4.79 Å². The SMILES string of the molecule is COCC(=O)CCC(O)COC. The van der Waals surface area contributed by atoms with Crippen molar-refractivity contribution in [3.8, 4) is 0 Å². The molecule has 72 valence electrons. The van der Waals surface area contributed by atoms with Gasteiger partial charge in [0.1, 0.15) is 6.61 Å². The Balaban J connectivity index is 3.33. The van der Waals surface area contributed by atoms with Gasteiger partial charge >= 0.3 is 0 Å². The average Bonchev–Trinajstić information content (AvgIpc) is 2.02. The van der Waals surface area contributed by atoms with Gasteiger partial charge in [0.25, 0.3) is 0 Å². The van der Waals surface area contributed by atoms with Gasteiger partial charge in [0, 0.05) is 20.6 Å². The number of carbonyl (C=O) groups is 1. The highest BCUT2D eigenvalue weighted by atomic mass is 16.5. The van der Waals surface area contributed by atoms with Crippen LogP contribution >= 0.6 is 0 Å². The van der Waals surface area contributed by atoms with E-state index in [4.69, 9.17) is 9.84 Å². The number of ketones is 1. The summed E-state index contributed by atoms with van der Waals surface area (Å²) < 4.78 is 9.34. The van der Waals surface area contributed by atoms with Gasteiger partial charge in [-0.15, -0.1) is 0 Å². The first kappa shape index (κ1) is 11.6. The lowest BCUT2D eigenvalue weighted by Crippen LogP contribution is -2.17. The van der Waals surface area contributed by atoms with Crippen LogP contribution in [-0.2, 0) is 14.3 Å². The molecule has 4 nitrogen and oxygen atoms in total. The summed E-state index contributed by atoms with van der Waals surface area (Å²) in [6, 6.07) is 0. The summed E-state index contributed by atoms with van der Waals surface area (Å²) >= 11 is 0. The predicted octanol–water partition coefficient (Wildman–Crippen LogP) is -0.0106. The number of rotatable bonds is 7. The highest BCUT2D eigenvalue weighted by Crippen LogP contribution is 1.98. The van der Waals surface area contributed by atoms with Crippen LogP contribution in [0.4, 0.5) is 0 Å². The van der Waals surface area contributed by atoms with E-state index in [2.05, 4.69) is 4.74 Å². The van der Waals surface area contributed by atoms with Gasteiger partial charge in [0.05, 0.1) is 12.7 Å². The highest BCUT2D eigenvalue weighted by molar-refractivity contribution is 5.79. The molecule has 0 radical (unpaired) electrons. The van der Waals surface area contributed by atoms with E-state index >= 15 is 0 Å². The lowest BCUT2D eigenvalue weighted by molar-refractivity contribution is -0.123. The van der Waals surface area contributed by atoms with E-state index in [1.54, 1.807) is 0 Å². The number of aliphatic hydroxyl groups is 1. The Labute approximate surface area is 72.5 Å². The summed E-state index contributed by atoms with van der Waals surface area (Å²) in [5, 5.41) is 9.15. The molecule has 0 aromatic heterocycles. The van der Waals surface area contributed by atoms with Crippen molar-refractivity contribution in [1.29, 1.82) is 0 Å². The molecule has 0 saturated heterocycles. The Kier molecular flexibility index (Phi) is 6.94. The molecular weight excluding hydrogens is 160 g/mol. The molecule has 1 N–H and O–H groups in total. The van der Waals surface area contributed by atoms with Gasteiger partial charge in [-0.25, -0.2) is 0 Å². The Hall–Kier alpha value is -0.450. The fraction of sp³-hybridized carbons (Fsp3) is 0.875. The maximum atomic E-state index is 10.9. The number of carbonyl (C=O) groups excluding carboxylic acids is 1. The van der Waals surface area contributed by atoms with Crippen molar-refractivity contribution >= 4 is 5.78 Å². The molecule has 0 aliphatic rings. The van der Waals surface area contributed by atoms with Crippen molar-refractivity contribution in [2.75, 3.05) is 27.4 Å². The van der Waals surface area contributed by atoms with Crippen LogP contribution in [0.5, 0.6) is 0 Å². The van der Waals surface area contributed by atoms with Crippen LogP contribution in [0.15, 0.2) is 0 Å². The maximum absolute atomic E-state index is 10.9. The van der Waals surface area contributed by atoms with Gasteiger partial charge in [-0.05, 0) is 6.42 Å². The molecule has 0 spiro atoms. The van der Waals surface area contributed by atoms with Gasteiger partial charge in [0.15, 0.2) is 5.78 Å². The standard InChI is InChI=1S/C8H16O4/c1-11-5-7(9)3-4-8(10)6-12-2/h7,9H,3-6H2,1-2H3. The van der Waals surface area contributed by atoms with Crippen LogP contribution in [0.1, 0.15) is 12.8 Å².